The quantitative estimate of drug-likeness (QED) is 0.0776. The Bertz CT molecular complexity index is 1980. The minimum absolute atomic E-state index is 0.0443. The Hall–Kier alpha value is -4.41. The number of sulfonamides is 1. The van der Waals surface area contributed by atoms with E-state index in [4.69, 9.17) is 39.5 Å². The van der Waals surface area contributed by atoms with Crippen LogP contribution in [0.4, 0.5) is 5.69 Å². The number of hydrogen-bond donors (Lipinski definition) is 2. The molecule has 0 bridgehead atoms. The lowest BCUT2D eigenvalue weighted by Gasteiger charge is -2.11. The molecule has 5 aromatic rings. The van der Waals surface area contributed by atoms with Crippen LogP contribution in [-0.4, -0.2) is 26.5 Å². The number of esters is 1. The van der Waals surface area contributed by atoms with Gasteiger partial charge in [-0.05, 0) is 83.6 Å². The van der Waals surface area contributed by atoms with E-state index in [1.54, 1.807) is 12.1 Å². The van der Waals surface area contributed by atoms with Gasteiger partial charge in [-0.3, -0.25) is 9.52 Å². The number of amides is 1. The number of carbonyl (C=O) groups is 2. The van der Waals surface area contributed by atoms with Crippen LogP contribution >= 0.6 is 34.8 Å². The monoisotopic (exact) mass is 651 g/mol. The summed E-state index contributed by atoms with van der Waals surface area (Å²) in [7, 11) is -3.84. The molecule has 43 heavy (non-hydrogen) atoms. The average molecular weight is 653 g/mol. The van der Waals surface area contributed by atoms with Crippen LogP contribution in [-0.2, 0) is 10.0 Å². The molecule has 0 saturated heterocycles. The van der Waals surface area contributed by atoms with Gasteiger partial charge in [0.2, 0.25) is 0 Å². The molecule has 216 valence electrons. The van der Waals surface area contributed by atoms with Crippen molar-refractivity contribution in [1.29, 1.82) is 0 Å². The topological polar surface area (TPSA) is 114 Å². The van der Waals surface area contributed by atoms with Gasteiger partial charge in [-0.15, -0.1) is 0 Å². The molecule has 0 saturated carbocycles. The maximum Gasteiger partial charge on any atom is 0.345 e. The normalized spacial score (nSPS) is 11.4. The molecule has 0 radical (unpaired) electrons. The predicted octanol–water partition coefficient (Wildman–Crippen LogP) is 7.58. The van der Waals surface area contributed by atoms with Crippen LogP contribution in [0, 0.1) is 0 Å². The van der Waals surface area contributed by atoms with Gasteiger partial charge in [-0.2, -0.15) is 5.10 Å². The number of rotatable bonds is 8. The third kappa shape index (κ3) is 7.15. The summed E-state index contributed by atoms with van der Waals surface area (Å²) in [6.45, 7) is 0. The Labute approximate surface area is 261 Å². The van der Waals surface area contributed by atoms with Crippen LogP contribution in [0.15, 0.2) is 113 Å². The first-order valence-electron chi connectivity index (χ1n) is 12.5. The molecular weight excluding hydrogens is 633 g/mol. The number of anilines is 1. The summed E-state index contributed by atoms with van der Waals surface area (Å²) in [5.74, 6) is -1.04. The second-order valence-electron chi connectivity index (χ2n) is 9.05. The molecule has 8 nitrogen and oxygen atoms in total. The number of nitrogens with one attached hydrogen (secondary N) is 2. The van der Waals surface area contributed by atoms with Gasteiger partial charge in [-0.1, -0.05) is 65.1 Å². The highest BCUT2D eigenvalue weighted by atomic mass is 35.5. The molecule has 12 heteroatoms. The van der Waals surface area contributed by atoms with E-state index in [9.17, 15) is 18.0 Å². The van der Waals surface area contributed by atoms with Crippen molar-refractivity contribution in [3.63, 3.8) is 0 Å². The van der Waals surface area contributed by atoms with Crippen LogP contribution in [0.2, 0.25) is 15.1 Å². The Kier molecular flexibility index (Phi) is 8.98. The van der Waals surface area contributed by atoms with Gasteiger partial charge in [0.15, 0.2) is 0 Å². The zero-order valence-electron chi connectivity index (χ0n) is 21.9. The predicted molar refractivity (Wildman–Crippen MR) is 169 cm³/mol. The maximum absolute atomic E-state index is 12.9. The molecule has 0 aliphatic heterocycles. The molecular formula is C31H20Cl3N3O5S. The molecule has 5 rings (SSSR count). The van der Waals surface area contributed by atoms with Gasteiger partial charge < -0.3 is 4.74 Å². The standard InChI is InChI=1S/C31H20Cl3N3O5S/c32-21-8-13-24(14-9-21)43(40,41)37-23-11-5-20(6-12-23)30(38)36-35-18-27-25-4-2-1-3-19(25)7-16-29(27)42-31(39)26-15-10-22(33)17-28(26)34/h1-18,37H,(H,36,38)/b35-18+. The molecule has 2 N–H and O–H groups in total. The summed E-state index contributed by atoms with van der Waals surface area (Å²) in [6.07, 6.45) is 1.38. The van der Waals surface area contributed by atoms with Gasteiger partial charge in [0, 0.05) is 26.9 Å². The van der Waals surface area contributed by atoms with Crippen molar-refractivity contribution in [2.24, 2.45) is 5.10 Å². The largest absolute Gasteiger partial charge is 0.422 e. The number of ether oxygens (including phenoxy) is 1. The molecule has 0 aliphatic rings. The van der Waals surface area contributed by atoms with Gasteiger partial charge in [0.05, 0.1) is 21.7 Å². The third-order valence-electron chi connectivity index (χ3n) is 6.17. The van der Waals surface area contributed by atoms with Crippen molar-refractivity contribution in [2.45, 2.75) is 4.90 Å². The molecule has 0 fully saturated rings. The molecule has 0 aromatic heterocycles. The number of hydrazone groups is 1. The highest BCUT2D eigenvalue weighted by molar-refractivity contribution is 7.92. The summed E-state index contributed by atoms with van der Waals surface area (Å²) < 4.78 is 33.3. The SMILES string of the molecule is O=C(N/N=C/c1c(OC(=O)c2ccc(Cl)cc2Cl)ccc2ccccc12)c1ccc(NS(=O)(=O)c2ccc(Cl)cc2)cc1. The van der Waals surface area contributed by atoms with E-state index in [0.717, 1.165) is 10.8 Å². The minimum Gasteiger partial charge on any atom is -0.422 e. The third-order valence-corrected chi connectivity index (χ3v) is 8.36. The highest BCUT2D eigenvalue weighted by Crippen LogP contribution is 2.29. The first-order chi connectivity index (χ1) is 20.6. The van der Waals surface area contributed by atoms with Gasteiger partial charge in [0.1, 0.15) is 5.75 Å². The number of hydrogen-bond acceptors (Lipinski definition) is 6. The average Bonchev–Trinajstić information content (AvgIpc) is 2.98. The zero-order chi connectivity index (χ0) is 30.6. The zero-order valence-corrected chi connectivity index (χ0v) is 25.0. The van der Waals surface area contributed by atoms with E-state index in [0.29, 0.717) is 15.6 Å². The fraction of sp³-hybridized carbons (Fsp3) is 0. The fourth-order valence-corrected chi connectivity index (χ4v) is 5.72. The molecule has 0 unspecified atom stereocenters. The van der Waals surface area contributed by atoms with Crippen LogP contribution < -0.4 is 14.9 Å². The van der Waals surface area contributed by atoms with Crippen molar-refractivity contribution in [1.82, 2.24) is 5.43 Å². The van der Waals surface area contributed by atoms with Gasteiger partial charge in [-0.25, -0.2) is 18.6 Å². The van der Waals surface area contributed by atoms with Gasteiger partial charge >= 0.3 is 5.97 Å². The second-order valence-corrected chi connectivity index (χ2v) is 12.0. The Morgan fingerprint density at radius 1 is 0.791 bits per heavy atom. The molecule has 0 aliphatic carbocycles. The van der Waals surface area contributed by atoms with E-state index < -0.39 is 21.9 Å². The second kappa shape index (κ2) is 12.8. The lowest BCUT2D eigenvalue weighted by atomic mass is 10.0. The van der Waals surface area contributed by atoms with Crippen molar-refractivity contribution >= 4 is 79.4 Å². The number of fused-ring (bicyclic) bond motifs is 1. The summed E-state index contributed by atoms with van der Waals surface area (Å²) in [4.78, 5) is 25.7. The van der Waals surface area contributed by atoms with Crippen LogP contribution in [0.5, 0.6) is 5.75 Å². The molecule has 0 spiro atoms. The molecule has 0 atom stereocenters. The minimum atomic E-state index is -3.84. The smallest absolute Gasteiger partial charge is 0.345 e. The van der Waals surface area contributed by atoms with Crippen molar-refractivity contribution in [3.8, 4) is 5.75 Å². The van der Waals surface area contributed by atoms with E-state index in [1.165, 1.54) is 72.9 Å². The molecule has 1 amide bonds. The number of halogens is 3. The number of nitrogens with zero attached hydrogens (tertiary/aromatic N) is 1. The van der Waals surface area contributed by atoms with Crippen molar-refractivity contribution < 1.29 is 22.7 Å². The van der Waals surface area contributed by atoms with Crippen LogP contribution in [0.25, 0.3) is 10.8 Å². The Morgan fingerprint density at radius 3 is 2.21 bits per heavy atom. The summed E-state index contributed by atoms with van der Waals surface area (Å²) >= 11 is 18.0. The first-order valence-corrected chi connectivity index (χ1v) is 15.1. The Morgan fingerprint density at radius 2 is 1.49 bits per heavy atom. The van der Waals surface area contributed by atoms with Crippen molar-refractivity contribution in [2.75, 3.05) is 4.72 Å². The van der Waals surface area contributed by atoms with Crippen molar-refractivity contribution in [3.05, 3.63) is 135 Å². The number of benzene rings is 5. The number of carbonyl (C=O) groups excluding carboxylic acids is 2. The lowest BCUT2D eigenvalue weighted by molar-refractivity contribution is 0.0734. The summed E-state index contributed by atoms with van der Waals surface area (Å²) in [5.41, 5.74) is 3.52. The maximum atomic E-state index is 12.9. The van der Waals surface area contributed by atoms with Crippen LogP contribution in [0.1, 0.15) is 26.3 Å². The highest BCUT2D eigenvalue weighted by Gasteiger charge is 2.17. The fourth-order valence-electron chi connectivity index (χ4n) is 4.05. The summed E-state index contributed by atoms with van der Waals surface area (Å²) in [6, 6.07) is 26.8. The first kappa shape index (κ1) is 30.1. The molecule has 0 heterocycles. The Balaban J connectivity index is 1.32. The van der Waals surface area contributed by atoms with E-state index in [2.05, 4.69) is 15.2 Å². The van der Waals surface area contributed by atoms with Crippen LogP contribution in [0.3, 0.4) is 0 Å². The summed E-state index contributed by atoms with van der Waals surface area (Å²) in [5, 5.41) is 6.61. The van der Waals surface area contributed by atoms with E-state index in [-0.39, 0.29) is 32.5 Å². The molecule has 5 aromatic carbocycles. The van der Waals surface area contributed by atoms with E-state index in [1.807, 2.05) is 24.3 Å². The van der Waals surface area contributed by atoms with Gasteiger partial charge in [0.25, 0.3) is 15.9 Å². The van der Waals surface area contributed by atoms with E-state index >= 15 is 0 Å². The lowest BCUT2D eigenvalue weighted by Crippen LogP contribution is -2.18.